The molecule has 0 radical (unpaired) electrons. The molecule has 0 aliphatic heterocycles. The highest BCUT2D eigenvalue weighted by atomic mass is 79.9. The fourth-order valence-electron chi connectivity index (χ4n) is 1.65. The quantitative estimate of drug-likeness (QED) is 0.637. The van der Waals surface area contributed by atoms with E-state index in [0.29, 0.717) is 32.3 Å². The lowest BCUT2D eigenvalue weighted by Gasteiger charge is -2.10. The van der Waals surface area contributed by atoms with Gasteiger partial charge in [-0.3, -0.25) is 0 Å². The van der Waals surface area contributed by atoms with Crippen LogP contribution in [0.3, 0.4) is 0 Å². The first-order valence-corrected chi connectivity index (χ1v) is 7.39. The molecule has 0 atom stereocenters. The topological polar surface area (TPSA) is 24.9 Å². The van der Waals surface area contributed by atoms with E-state index in [2.05, 4.69) is 26.2 Å². The number of nitrogens with one attached hydrogen (secondary N) is 1. The summed E-state index contributed by atoms with van der Waals surface area (Å²) in [5.41, 5.74) is 2.15. The van der Waals surface area contributed by atoms with Gasteiger partial charge in [0.05, 0.1) is 0 Å². The average Bonchev–Trinajstić information content (AvgIpc) is 2.40. The minimum Gasteiger partial charge on any atom is -0.372 e. The lowest BCUT2D eigenvalue weighted by molar-refractivity contribution is 0.605. The minimum absolute atomic E-state index is 0.289. The Kier molecular flexibility index (Phi) is 5.07. The van der Waals surface area contributed by atoms with E-state index < -0.39 is 0 Å². The molecular weight excluding hydrogens is 363 g/mol. The third-order valence-corrected chi connectivity index (χ3v) is 3.83. The maximum Gasteiger partial charge on any atom is 0.139 e. The molecule has 1 N–H and O–H groups in total. The van der Waals surface area contributed by atoms with Gasteiger partial charge < -0.3 is 5.32 Å². The summed E-state index contributed by atoms with van der Waals surface area (Å²) in [5.74, 6) is -0.289. The summed E-state index contributed by atoms with van der Waals surface area (Å²) >= 11 is 14.5. The lowest BCUT2D eigenvalue weighted by atomic mass is 10.2. The van der Waals surface area contributed by atoms with Gasteiger partial charge in [0.2, 0.25) is 0 Å². The van der Waals surface area contributed by atoms with Gasteiger partial charge in [0.1, 0.15) is 16.0 Å². The number of thiocarbonyl (C=S) groups is 1. The van der Waals surface area contributed by atoms with E-state index in [4.69, 9.17) is 23.8 Å². The third kappa shape index (κ3) is 3.75. The predicted molar refractivity (Wildman–Crippen MR) is 86.6 cm³/mol. The fraction of sp³-hybridized carbons (Fsp3) is 0.143. The van der Waals surface area contributed by atoms with Gasteiger partial charge in [0.25, 0.3) is 0 Å². The SMILES string of the molecule is Cc1cnc(Cl)c(C(=S)NCc2ccc(Br)cc2F)c1. The summed E-state index contributed by atoms with van der Waals surface area (Å²) in [7, 11) is 0. The predicted octanol–water partition coefficient (Wildman–Crippen LogP) is 4.41. The van der Waals surface area contributed by atoms with E-state index in [1.807, 2.05) is 13.0 Å². The largest absolute Gasteiger partial charge is 0.372 e. The van der Waals surface area contributed by atoms with Crippen LogP contribution >= 0.6 is 39.7 Å². The fourth-order valence-corrected chi connectivity index (χ4v) is 2.46. The van der Waals surface area contributed by atoms with E-state index in [0.717, 1.165) is 5.56 Å². The van der Waals surface area contributed by atoms with Crippen molar-refractivity contribution in [2.75, 3.05) is 0 Å². The smallest absolute Gasteiger partial charge is 0.139 e. The molecule has 2 rings (SSSR count). The normalized spacial score (nSPS) is 10.4. The molecule has 104 valence electrons. The van der Waals surface area contributed by atoms with Crippen molar-refractivity contribution in [3.63, 3.8) is 0 Å². The molecular formula is C14H11BrClFN2S. The maximum atomic E-state index is 13.7. The Labute approximate surface area is 135 Å². The van der Waals surface area contributed by atoms with Crippen LogP contribution in [0.5, 0.6) is 0 Å². The summed E-state index contributed by atoms with van der Waals surface area (Å²) in [5, 5.41) is 3.33. The molecule has 0 saturated heterocycles. The summed E-state index contributed by atoms with van der Waals surface area (Å²) in [4.78, 5) is 4.49. The number of halogens is 3. The van der Waals surface area contributed by atoms with Crippen molar-refractivity contribution in [1.82, 2.24) is 10.3 Å². The van der Waals surface area contributed by atoms with E-state index in [9.17, 15) is 4.39 Å². The van der Waals surface area contributed by atoms with Gasteiger partial charge in [0.15, 0.2) is 0 Å². The molecule has 0 fully saturated rings. The van der Waals surface area contributed by atoms with Crippen LogP contribution in [-0.2, 0) is 6.54 Å². The number of hydrogen-bond donors (Lipinski definition) is 1. The highest BCUT2D eigenvalue weighted by molar-refractivity contribution is 9.10. The second-order valence-electron chi connectivity index (χ2n) is 4.27. The zero-order valence-electron chi connectivity index (χ0n) is 10.6. The van der Waals surface area contributed by atoms with Crippen LogP contribution in [0, 0.1) is 12.7 Å². The standard InChI is InChI=1S/C14H11BrClFN2S/c1-8-4-11(13(16)18-6-8)14(20)19-7-9-2-3-10(15)5-12(9)17/h2-6H,7H2,1H3,(H,19,20). The van der Waals surface area contributed by atoms with Gasteiger partial charge in [-0.05, 0) is 30.7 Å². The Hall–Kier alpha value is -1.04. The zero-order valence-corrected chi connectivity index (χ0v) is 13.7. The Balaban J connectivity index is 2.10. The van der Waals surface area contributed by atoms with Crippen molar-refractivity contribution < 1.29 is 4.39 Å². The molecule has 2 nitrogen and oxygen atoms in total. The van der Waals surface area contributed by atoms with Crippen molar-refractivity contribution in [3.05, 3.63) is 62.6 Å². The van der Waals surface area contributed by atoms with Crippen LogP contribution < -0.4 is 5.32 Å². The molecule has 2 aromatic rings. The van der Waals surface area contributed by atoms with Crippen molar-refractivity contribution in [2.45, 2.75) is 13.5 Å². The maximum absolute atomic E-state index is 13.7. The lowest BCUT2D eigenvalue weighted by Crippen LogP contribution is -2.23. The Morgan fingerprint density at radius 1 is 1.45 bits per heavy atom. The van der Waals surface area contributed by atoms with Crippen molar-refractivity contribution in [3.8, 4) is 0 Å². The molecule has 0 amide bonds. The first-order chi connectivity index (χ1) is 9.47. The Bertz CT molecular complexity index is 664. The van der Waals surface area contributed by atoms with Gasteiger partial charge in [0, 0.05) is 28.3 Å². The van der Waals surface area contributed by atoms with Gasteiger partial charge >= 0.3 is 0 Å². The zero-order chi connectivity index (χ0) is 14.7. The van der Waals surface area contributed by atoms with Crippen LogP contribution in [0.1, 0.15) is 16.7 Å². The van der Waals surface area contributed by atoms with E-state index >= 15 is 0 Å². The Morgan fingerprint density at radius 2 is 2.20 bits per heavy atom. The number of aromatic nitrogens is 1. The van der Waals surface area contributed by atoms with Crippen LogP contribution in [-0.4, -0.2) is 9.97 Å². The second kappa shape index (κ2) is 6.61. The summed E-state index contributed by atoms with van der Waals surface area (Å²) in [6.45, 7) is 2.20. The molecule has 20 heavy (non-hydrogen) atoms. The minimum atomic E-state index is -0.289. The van der Waals surface area contributed by atoms with Crippen molar-refractivity contribution >= 4 is 44.7 Å². The number of hydrogen-bond acceptors (Lipinski definition) is 2. The van der Waals surface area contributed by atoms with Crippen molar-refractivity contribution in [2.24, 2.45) is 0 Å². The van der Waals surface area contributed by atoms with E-state index in [1.165, 1.54) is 6.07 Å². The highest BCUT2D eigenvalue weighted by Gasteiger charge is 2.09. The summed E-state index contributed by atoms with van der Waals surface area (Å²) in [6, 6.07) is 6.75. The van der Waals surface area contributed by atoms with Gasteiger partial charge in [-0.2, -0.15) is 0 Å². The first kappa shape index (κ1) is 15.4. The van der Waals surface area contributed by atoms with Gasteiger partial charge in [-0.1, -0.05) is 45.8 Å². The number of rotatable bonds is 3. The molecule has 0 aliphatic carbocycles. The monoisotopic (exact) mass is 372 g/mol. The molecule has 0 aliphatic rings. The molecule has 0 saturated carbocycles. The number of pyridine rings is 1. The number of aryl methyl sites for hydroxylation is 1. The molecule has 1 heterocycles. The summed E-state index contributed by atoms with van der Waals surface area (Å²) in [6.07, 6.45) is 1.67. The molecule has 6 heteroatoms. The average molecular weight is 374 g/mol. The van der Waals surface area contributed by atoms with E-state index in [1.54, 1.807) is 18.3 Å². The van der Waals surface area contributed by atoms with Crippen LogP contribution in [0.2, 0.25) is 5.15 Å². The number of nitrogens with zero attached hydrogens (tertiary/aromatic N) is 1. The Morgan fingerprint density at radius 3 is 2.90 bits per heavy atom. The second-order valence-corrected chi connectivity index (χ2v) is 5.95. The van der Waals surface area contributed by atoms with Crippen molar-refractivity contribution in [1.29, 1.82) is 0 Å². The molecule has 1 aromatic carbocycles. The summed E-state index contributed by atoms with van der Waals surface area (Å²) < 4.78 is 14.4. The third-order valence-electron chi connectivity index (χ3n) is 2.67. The molecule has 1 aromatic heterocycles. The van der Waals surface area contributed by atoms with Crippen LogP contribution in [0.15, 0.2) is 34.9 Å². The number of benzene rings is 1. The van der Waals surface area contributed by atoms with E-state index in [-0.39, 0.29) is 5.82 Å². The molecule has 0 bridgehead atoms. The van der Waals surface area contributed by atoms with Crippen LogP contribution in [0.4, 0.5) is 4.39 Å². The van der Waals surface area contributed by atoms with Gasteiger partial charge in [-0.15, -0.1) is 0 Å². The van der Waals surface area contributed by atoms with Gasteiger partial charge in [-0.25, -0.2) is 9.37 Å². The van der Waals surface area contributed by atoms with Crippen LogP contribution in [0.25, 0.3) is 0 Å². The molecule has 0 unspecified atom stereocenters. The molecule has 0 spiro atoms. The highest BCUT2D eigenvalue weighted by Crippen LogP contribution is 2.17. The first-order valence-electron chi connectivity index (χ1n) is 5.81.